The molecule has 4 aromatic rings. The Morgan fingerprint density at radius 3 is 2.02 bits per heavy atom. The number of aliphatic hydroxyl groups is 1. The second kappa shape index (κ2) is 14.5. The maximum absolute atomic E-state index is 13.1. The Hall–Kier alpha value is -4.22. The Balaban J connectivity index is 1.46. The van der Waals surface area contributed by atoms with E-state index in [1.165, 1.54) is 11.0 Å². The van der Waals surface area contributed by atoms with Crippen molar-refractivity contribution in [1.82, 2.24) is 14.5 Å². The highest BCUT2D eigenvalue weighted by atomic mass is 16.6. The van der Waals surface area contributed by atoms with Crippen LogP contribution in [0, 0.1) is 6.92 Å². The van der Waals surface area contributed by atoms with Crippen molar-refractivity contribution < 1.29 is 24.1 Å². The van der Waals surface area contributed by atoms with Gasteiger partial charge < -0.3 is 24.1 Å². The van der Waals surface area contributed by atoms with E-state index in [2.05, 4.69) is 9.88 Å². The molecule has 0 bridgehead atoms. The van der Waals surface area contributed by atoms with Gasteiger partial charge in [0.05, 0.1) is 27.4 Å². The summed E-state index contributed by atoms with van der Waals surface area (Å²) in [4.78, 5) is 30.2. The molecule has 2 atom stereocenters. The van der Waals surface area contributed by atoms with Crippen molar-refractivity contribution in [2.24, 2.45) is 0 Å². The molecule has 0 spiro atoms. The predicted molar refractivity (Wildman–Crippen MR) is 183 cm³/mol. The Bertz CT molecular complexity index is 1720. The average Bonchev–Trinajstić information content (AvgIpc) is 3.14. The molecule has 2 N–H and O–H groups in total. The van der Waals surface area contributed by atoms with E-state index in [1.807, 2.05) is 78.9 Å². The van der Waals surface area contributed by atoms with Gasteiger partial charge in [-0.25, -0.2) is 4.79 Å². The summed E-state index contributed by atoms with van der Waals surface area (Å²) >= 11 is 0. The lowest BCUT2D eigenvalue weighted by atomic mass is 9.79. The number of H-pyrrole nitrogens is 1. The van der Waals surface area contributed by atoms with Gasteiger partial charge in [-0.15, -0.1) is 0 Å². The Kier molecular flexibility index (Phi) is 10.2. The highest BCUT2D eigenvalue weighted by Crippen LogP contribution is 2.43. The van der Waals surface area contributed by atoms with E-state index in [4.69, 9.17) is 18.9 Å². The van der Waals surface area contributed by atoms with Crippen LogP contribution >= 0.6 is 0 Å². The zero-order valence-electron chi connectivity index (χ0n) is 27.9. The monoisotopic (exact) mass is 655 g/mol. The third-order valence-corrected chi connectivity index (χ3v) is 9.83. The number of aromatic amines is 1. The first kappa shape index (κ1) is 33.7. The van der Waals surface area contributed by atoms with E-state index in [0.29, 0.717) is 30.2 Å². The minimum atomic E-state index is -1.21. The lowest BCUT2D eigenvalue weighted by molar-refractivity contribution is -0.236. The van der Waals surface area contributed by atoms with Crippen molar-refractivity contribution in [3.8, 4) is 11.5 Å². The van der Waals surface area contributed by atoms with E-state index in [9.17, 15) is 14.7 Å². The van der Waals surface area contributed by atoms with Gasteiger partial charge >= 0.3 is 5.69 Å². The second-order valence-corrected chi connectivity index (χ2v) is 12.9. The summed E-state index contributed by atoms with van der Waals surface area (Å²) in [6.07, 6.45) is 6.29. The molecule has 0 unspecified atom stereocenters. The third kappa shape index (κ3) is 6.71. The number of morpholine rings is 1. The van der Waals surface area contributed by atoms with Crippen LogP contribution in [-0.4, -0.2) is 71.7 Å². The van der Waals surface area contributed by atoms with E-state index < -0.39 is 28.7 Å². The van der Waals surface area contributed by atoms with E-state index in [1.54, 1.807) is 27.3 Å². The van der Waals surface area contributed by atoms with Crippen LogP contribution in [0.2, 0.25) is 0 Å². The van der Waals surface area contributed by atoms with Gasteiger partial charge in [0.15, 0.2) is 6.23 Å². The molecule has 2 aliphatic rings. The molecule has 48 heavy (non-hydrogen) atoms. The van der Waals surface area contributed by atoms with Crippen LogP contribution in [0.1, 0.15) is 60.6 Å². The smallest absolute Gasteiger partial charge is 0.330 e. The number of methoxy groups -OCH3 is 2. The summed E-state index contributed by atoms with van der Waals surface area (Å²) in [5.41, 5.74) is -0.308. The first-order valence-corrected chi connectivity index (χ1v) is 16.6. The fourth-order valence-corrected chi connectivity index (χ4v) is 7.19. The summed E-state index contributed by atoms with van der Waals surface area (Å²) in [7, 11) is 3.27. The van der Waals surface area contributed by atoms with E-state index >= 15 is 0 Å². The highest BCUT2D eigenvalue weighted by Gasteiger charge is 2.47. The normalized spacial score (nSPS) is 20.8. The van der Waals surface area contributed by atoms with E-state index in [-0.39, 0.29) is 19.3 Å². The lowest BCUT2D eigenvalue weighted by Gasteiger charge is -2.50. The molecule has 10 nitrogen and oxygen atoms in total. The van der Waals surface area contributed by atoms with Crippen LogP contribution in [0.25, 0.3) is 0 Å². The Morgan fingerprint density at radius 2 is 1.46 bits per heavy atom. The molecule has 2 heterocycles. The van der Waals surface area contributed by atoms with Crippen molar-refractivity contribution >= 4 is 0 Å². The maximum Gasteiger partial charge on any atom is 0.330 e. The number of aryl methyl sites for hydroxylation is 1. The molecule has 1 aliphatic carbocycles. The van der Waals surface area contributed by atoms with Gasteiger partial charge in [-0.3, -0.25) is 19.2 Å². The van der Waals surface area contributed by atoms with Crippen LogP contribution in [0.5, 0.6) is 11.5 Å². The molecule has 6 rings (SSSR count). The SMILES string of the molecule is COc1ccc(C(OC[C@@]2(CO)CN(C3CCCCC3)C[C@H](n3cc(C)c(=O)[nH]c3=O)O2)(c2ccccc2)c2ccc(OC)cc2)cc1. The van der Waals surface area contributed by atoms with Gasteiger partial charge in [0.1, 0.15) is 22.7 Å². The molecule has 0 radical (unpaired) electrons. The molecular formula is C38H45N3O7. The summed E-state index contributed by atoms with van der Waals surface area (Å²) in [6, 6.07) is 25.8. The lowest BCUT2D eigenvalue weighted by Crippen LogP contribution is -2.62. The molecule has 254 valence electrons. The largest absolute Gasteiger partial charge is 0.497 e. The highest BCUT2D eigenvalue weighted by molar-refractivity contribution is 5.49. The molecule has 3 aromatic carbocycles. The van der Waals surface area contributed by atoms with Crippen LogP contribution in [0.15, 0.2) is 94.6 Å². The number of hydrogen-bond acceptors (Lipinski definition) is 8. The van der Waals surface area contributed by atoms with Gasteiger partial charge in [0.2, 0.25) is 0 Å². The summed E-state index contributed by atoms with van der Waals surface area (Å²) < 4.78 is 26.4. The van der Waals surface area contributed by atoms with Gasteiger partial charge in [0, 0.05) is 30.9 Å². The second-order valence-electron chi connectivity index (χ2n) is 12.9. The molecule has 1 aromatic heterocycles. The molecule has 2 fully saturated rings. The standard InChI is InChI=1S/C38H45N3O7/c1-27-22-41(36(44)39-35(27)43)34-23-40(31-12-8-5-9-13-31)24-37(25-42,48-34)26-47-38(28-10-6-4-7-11-28,29-14-18-32(45-2)19-15-29)30-16-20-33(46-3)21-17-30/h4,6-7,10-11,14-22,31,34,42H,5,8-9,12-13,23-26H2,1-3H3,(H,39,43,44)/t34-,37+/m1/s1. The Labute approximate surface area is 280 Å². The van der Waals surface area contributed by atoms with Crippen LogP contribution in [0.4, 0.5) is 0 Å². The third-order valence-electron chi connectivity index (χ3n) is 9.83. The number of benzene rings is 3. The number of aromatic nitrogens is 2. The molecule has 0 amide bonds. The van der Waals surface area contributed by atoms with Crippen LogP contribution < -0.4 is 20.7 Å². The van der Waals surface area contributed by atoms with Crippen molar-refractivity contribution in [1.29, 1.82) is 0 Å². The molecule has 1 saturated carbocycles. The number of aliphatic hydroxyl groups excluding tert-OH is 1. The quantitative estimate of drug-likeness (QED) is 0.222. The Morgan fingerprint density at radius 1 is 0.875 bits per heavy atom. The fraction of sp³-hybridized carbons (Fsp3) is 0.421. The summed E-state index contributed by atoms with van der Waals surface area (Å²) in [5, 5.41) is 11.2. The van der Waals surface area contributed by atoms with Gasteiger partial charge in [-0.1, -0.05) is 73.9 Å². The van der Waals surface area contributed by atoms with Gasteiger partial charge in [-0.2, -0.15) is 0 Å². The first-order valence-electron chi connectivity index (χ1n) is 16.6. The first-order chi connectivity index (χ1) is 23.3. The van der Waals surface area contributed by atoms with E-state index in [0.717, 1.165) is 42.4 Å². The zero-order chi connectivity index (χ0) is 33.7. The molecule has 10 heteroatoms. The molecular weight excluding hydrogens is 610 g/mol. The van der Waals surface area contributed by atoms with Crippen molar-refractivity contribution in [3.63, 3.8) is 0 Å². The zero-order valence-corrected chi connectivity index (χ0v) is 27.9. The predicted octanol–water partition coefficient (Wildman–Crippen LogP) is 4.77. The van der Waals surface area contributed by atoms with Crippen LogP contribution in [-0.2, 0) is 15.1 Å². The minimum absolute atomic E-state index is 0.00669. The number of nitrogens with zero attached hydrogens (tertiary/aromatic N) is 2. The number of ether oxygens (including phenoxy) is 4. The summed E-state index contributed by atoms with van der Waals surface area (Å²) in [6.45, 7) is 2.17. The topological polar surface area (TPSA) is 115 Å². The maximum atomic E-state index is 13.1. The minimum Gasteiger partial charge on any atom is -0.497 e. The fourth-order valence-electron chi connectivity index (χ4n) is 7.19. The van der Waals surface area contributed by atoms with Crippen molar-refractivity contribution in [2.45, 2.75) is 62.5 Å². The van der Waals surface area contributed by atoms with Gasteiger partial charge in [0.25, 0.3) is 5.56 Å². The number of rotatable bonds is 11. The summed E-state index contributed by atoms with van der Waals surface area (Å²) in [5.74, 6) is 1.43. The molecule has 1 saturated heterocycles. The van der Waals surface area contributed by atoms with Crippen molar-refractivity contribution in [3.05, 3.63) is 128 Å². The van der Waals surface area contributed by atoms with Crippen LogP contribution in [0.3, 0.4) is 0 Å². The average molecular weight is 656 g/mol. The van der Waals surface area contributed by atoms with Crippen molar-refractivity contribution in [2.75, 3.05) is 40.5 Å². The van der Waals surface area contributed by atoms with Gasteiger partial charge in [-0.05, 0) is 60.7 Å². The number of nitrogens with one attached hydrogen (secondary N) is 1. The molecule has 1 aliphatic heterocycles. The number of hydrogen-bond donors (Lipinski definition) is 2.